The number of hydrogen-bond donors (Lipinski definition) is 1. The second kappa shape index (κ2) is 5.63. The molecule has 2 atom stereocenters. The van der Waals surface area contributed by atoms with Crippen LogP contribution in [0.4, 0.5) is 0 Å². The Hall–Kier alpha value is -0.890. The number of hydrogen-bond acceptors (Lipinski definition) is 2. The number of nitrogens with one attached hydrogen (secondary N) is 1. The van der Waals surface area contributed by atoms with E-state index in [9.17, 15) is 0 Å². The van der Waals surface area contributed by atoms with Crippen LogP contribution in [-0.2, 0) is 0 Å². The Labute approximate surface area is 105 Å². The van der Waals surface area contributed by atoms with E-state index >= 15 is 0 Å². The molecule has 0 saturated heterocycles. The van der Waals surface area contributed by atoms with Crippen LogP contribution < -0.4 is 5.32 Å². The molecule has 1 heterocycles. The molecule has 94 valence electrons. The zero-order valence-electron chi connectivity index (χ0n) is 11.2. The summed E-state index contributed by atoms with van der Waals surface area (Å²) >= 11 is 0. The van der Waals surface area contributed by atoms with Gasteiger partial charge in [0.25, 0.3) is 0 Å². The Morgan fingerprint density at radius 2 is 2.18 bits per heavy atom. The summed E-state index contributed by atoms with van der Waals surface area (Å²) in [5.41, 5.74) is 2.55. The van der Waals surface area contributed by atoms with Crippen LogP contribution in [0.15, 0.2) is 18.3 Å². The molecule has 0 bridgehead atoms. The van der Waals surface area contributed by atoms with Crippen molar-refractivity contribution in [2.45, 2.75) is 52.0 Å². The predicted molar refractivity (Wildman–Crippen MR) is 72.2 cm³/mol. The lowest BCUT2D eigenvalue weighted by atomic mass is 9.89. The van der Waals surface area contributed by atoms with Crippen LogP contribution in [0.2, 0.25) is 0 Å². The third kappa shape index (κ3) is 3.29. The molecular formula is C15H24N2. The van der Waals surface area contributed by atoms with Gasteiger partial charge in [0.2, 0.25) is 0 Å². The minimum absolute atomic E-state index is 0.590. The number of pyridine rings is 1. The third-order valence-electron chi connectivity index (χ3n) is 3.81. The van der Waals surface area contributed by atoms with Crippen molar-refractivity contribution in [1.82, 2.24) is 10.3 Å². The highest BCUT2D eigenvalue weighted by atomic mass is 14.9. The van der Waals surface area contributed by atoms with E-state index in [1.165, 1.54) is 24.8 Å². The monoisotopic (exact) mass is 232 g/mol. The highest BCUT2D eigenvalue weighted by molar-refractivity contribution is 5.20. The first kappa shape index (κ1) is 12.6. The average Bonchev–Trinajstić information content (AvgIpc) is 2.75. The van der Waals surface area contributed by atoms with Gasteiger partial charge in [-0.2, -0.15) is 0 Å². The standard InChI is InChI=1S/C15H24N2/c1-11(2)16-9-13-5-4-6-15(13)14-8-7-12(3)17-10-14/h7-8,10-11,13,15-16H,4-6,9H2,1-3H3. The Morgan fingerprint density at radius 3 is 2.82 bits per heavy atom. The molecule has 1 aromatic rings. The molecule has 17 heavy (non-hydrogen) atoms. The first-order valence-corrected chi connectivity index (χ1v) is 6.82. The van der Waals surface area contributed by atoms with Crippen molar-refractivity contribution in [3.63, 3.8) is 0 Å². The van der Waals surface area contributed by atoms with Crippen LogP contribution in [0.5, 0.6) is 0 Å². The molecule has 0 spiro atoms. The maximum Gasteiger partial charge on any atom is 0.0372 e. The zero-order chi connectivity index (χ0) is 12.3. The maximum atomic E-state index is 4.43. The largest absolute Gasteiger partial charge is 0.314 e. The van der Waals surface area contributed by atoms with Crippen molar-refractivity contribution in [3.05, 3.63) is 29.6 Å². The normalized spacial score (nSPS) is 24.5. The van der Waals surface area contributed by atoms with Gasteiger partial charge < -0.3 is 5.32 Å². The lowest BCUT2D eigenvalue weighted by Gasteiger charge is -2.21. The lowest BCUT2D eigenvalue weighted by molar-refractivity contribution is 0.422. The molecule has 0 radical (unpaired) electrons. The van der Waals surface area contributed by atoms with Crippen LogP contribution in [0.1, 0.15) is 50.3 Å². The minimum atomic E-state index is 0.590. The molecule has 2 heteroatoms. The third-order valence-corrected chi connectivity index (χ3v) is 3.81. The highest BCUT2D eigenvalue weighted by Crippen LogP contribution is 2.38. The van der Waals surface area contributed by atoms with Gasteiger partial charge in [0.15, 0.2) is 0 Å². The highest BCUT2D eigenvalue weighted by Gasteiger charge is 2.28. The quantitative estimate of drug-likeness (QED) is 0.862. The molecule has 2 rings (SSSR count). The van der Waals surface area contributed by atoms with Gasteiger partial charge >= 0.3 is 0 Å². The summed E-state index contributed by atoms with van der Waals surface area (Å²) in [6.07, 6.45) is 6.13. The summed E-state index contributed by atoms with van der Waals surface area (Å²) in [5.74, 6) is 1.51. The molecule has 1 N–H and O–H groups in total. The maximum absolute atomic E-state index is 4.43. The van der Waals surface area contributed by atoms with Crippen molar-refractivity contribution in [1.29, 1.82) is 0 Å². The van der Waals surface area contributed by atoms with E-state index in [0.29, 0.717) is 12.0 Å². The fraction of sp³-hybridized carbons (Fsp3) is 0.667. The van der Waals surface area contributed by atoms with Gasteiger partial charge in [-0.15, -0.1) is 0 Å². The Morgan fingerprint density at radius 1 is 1.35 bits per heavy atom. The molecule has 0 aliphatic heterocycles. The van der Waals surface area contributed by atoms with Gasteiger partial charge in [-0.05, 0) is 49.8 Å². The van der Waals surface area contributed by atoms with E-state index in [0.717, 1.165) is 18.2 Å². The number of aromatic nitrogens is 1. The fourth-order valence-electron chi connectivity index (χ4n) is 2.81. The van der Waals surface area contributed by atoms with Gasteiger partial charge in [-0.1, -0.05) is 26.3 Å². The summed E-state index contributed by atoms with van der Waals surface area (Å²) in [6.45, 7) is 7.64. The summed E-state index contributed by atoms with van der Waals surface area (Å²) in [4.78, 5) is 4.43. The molecule has 2 nitrogen and oxygen atoms in total. The summed E-state index contributed by atoms with van der Waals surface area (Å²) in [6, 6.07) is 4.99. The first-order valence-electron chi connectivity index (χ1n) is 6.82. The number of aryl methyl sites for hydroxylation is 1. The zero-order valence-corrected chi connectivity index (χ0v) is 11.2. The molecule has 1 aromatic heterocycles. The molecular weight excluding hydrogens is 208 g/mol. The molecule has 1 saturated carbocycles. The van der Waals surface area contributed by atoms with Gasteiger partial charge in [0.1, 0.15) is 0 Å². The van der Waals surface area contributed by atoms with Crippen molar-refractivity contribution in [2.24, 2.45) is 5.92 Å². The van der Waals surface area contributed by atoms with Crippen LogP contribution in [0.3, 0.4) is 0 Å². The Kier molecular flexibility index (Phi) is 4.16. The predicted octanol–water partition coefficient (Wildman–Crippen LogP) is 3.27. The SMILES string of the molecule is Cc1ccc(C2CCCC2CNC(C)C)cn1. The van der Waals surface area contributed by atoms with E-state index < -0.39 is 0 Å². The van der Waals surface area contributed by atoms with Crippen LogP contribution in [0.25, 0.3) is 0 Å². The van der Waals surface area contributed by atoms with Gasteiger partial charge in [-0.25, -0.2) is 0 Å². The van der Waals surface area contributed by atoms with Gasteiger partial charge in [0.05, 0.1) is 0 Å². The molecule has 1 fully saturated rings. The molecule has 0 amide bonds. The van der Waals surface area contributed by atoms with E-state index in [-0.39, 0.29) is 0 Å². The van der Waals surface area contributed by atoms with E-state index in [1.807, 2.05) is 0 Å². The topological polar surface area (TPSA) is 24.9 Å². The summed E-state index contributed by atoms with van der Waals surface area (Å²) in [7, 11) is 0. The molecule has 2 unspecified atom stereocenters. The Balaban J connectivity index is 2.01. The second-order valence-electron chi connectivity index (χ2n) is 5.59. The van der Waals surface area contributed by atoms with E-state index in [2.05, 4.69) is 49.4 Å². The Bertz CT molecular complexity index is 342. The molecule has 0 aromatic carbocycles. The van der Waals surface area contributed by atoms with Crippen LogP contribution in [-0.4, -0.2) is 17.6 Å². The van der Waals surface area contributed by atoms with Crippen molar-refractivity contribution < 1.29 is 0 Å². The lowest BCUT2D eigenvalue weighted by Crippen LogP contribution is -2.30. The molecule has 1 aliphatic carbocycles. The minimum Gasteiger partial charge on any atom is -0.314 e. The molecule has 1 aliphatic rings. The first-order chi connectivity index (χ1) is 8.16. The van der Waals surface area contributed by atoms with Crippen molar-refractivity contribution >= 4 is 0 Å². The van der Waals surface area contributed by atoms with Crippen LogP contribution >= 0.6 is 0 Å². The summed E-state index contributed by atoms with van der Waals surface area (Å²) in [5, 5.41) is 3.58. The van der Waals surface area contributed by atoms with Gasteiger partial charge in [0, 0.05) is 17.9 Å². The fourth-order valence-corrected chi connectivity index (χ4v) is 2.81. The van der Waals surface area contributed by atoms with E-state index in [4.69, 9.17) is 0 Å². The average molecular weight is 232 g/mol. The number of rotatable bonds is 4. The van der Waals surface area contributed by atoms with Gasteiger partial charge in [-0.3, -0.25) is 4.98 Å². The number of nitrogens with zero attached hydrogens (tertiary/aromatic N) is 1. The van der Waals surface area contributed by atoms with Crippen LogP contribution in [0, 0.1) is 12.8 Å². The summed E-state index contributed by atoms with van der Waals surface area (Å²) < 4.78 is 0. The van der Waals surface area contributed by atoms with E-state index in [1.54, 1.807) is 0 Å². The second-order valence-corrected chi connectivity index (χ2v) is 5.59. The van der Waals surface area contributed by atoms with Crippen molar-refractivity contribution in [2.75, 3.05) is 6.54 Å². The smallest absolute Gasteiger partial charge is 0.0372 e. The van der Waals surface area contributed by atoms with Crippen molar-refractivity contribution in [3.8, 4) is 0 Å².